The molecule has 4 heterocycles. The summed E-state index contributed by atoms with van der Waals surface area (Å²) in [6.45, 7) is 12.6. The third-order valence-corrected chi connectivity index (χ3v) is 9.91. The van der Waals surface area contributed by atoms with Gasteiger partial charge in [-0.25, -0.2) is 19.6 Å². The van der Waals surface area contributed by atoms with Gasteiger partial charge in [0.25, 0.3) is 0 Å². The minimum absolute atomic E-state index is 0.136. The van der Waals surface area contributed by atoms with Crippen molar-refractivity contribution in [1.29, 1.82) is 0 Å². The first kappa shape index (κ1) is 38.4. The van der Waals surface area contributed by atoms with Crippen LogP contribution >= 0.6 is 0 Å². The molecule has 3 aromatic carbocycles. The number of aromatic nitrogens is 4. The van der Waals surface area contributed by atoms with Gasteiger partial charge in [-0.15, -0.1) is 0 Å². The summed E-state index contributed by atoms with van der Waals surface area (Å²) in [5, 5.41) is 0. The molecule has 0 aliphatic carbocycles. The average Bonchev–Trinajstić information content (AvgIpc) is 3.99. The Morgan fingerprint density at radius 2 is 1.25 bits per heavy atom. The predicted molar refractivity (Wildman–Crippen MR) is 221 cm³/mol. The van der Waals surface area contributed by atoms with E-state index in [1.54, 1.807) is 16.0 Å². The average molecular weight is 753 g/mol. The van der Waals surface area contributed by atoms with E-state index < -0.39 is 11.2 Å². The van der Waals surface area contributed by atoms with Crippen molar-refractivity contribution in [2.75, 3.05) is 13.1 Å². The highest BCUT2D eigenvalue weighted by molar-refractivity contribution is 5.83. The Balaban J connectivity index is 1.14. The first-order valence-electron chi connectivity index (χ1n) is 19.6. The van der Waals surface area contributed by atoms with Crippen LogP contribution in [-0.4, -0.2) is 66.2 Å². The molecule has 2 aliphatic rings. The Morgan fingerprint density at radius 3 is 1.91 bits per heavy atom. The molecular weight excluding hydrogens is 701 g/mol. The number of rotatable bonds is 8. The minimum Gasteiger partial charge on any atom is -0.444 e. The fourth-order valence-electron chi connectivity index (χ4n) is 7.37. The monoisotopic (exact) mass is 752 g/mol. The smallest absolute Gasteiger partial charge is 0.410 e. The van der Waals surface area contributed by atoms with E-state index in [-0.39, 0.29) is 24.3 Å². The summed E-state index contributed by atoms with van der Waals surface area (Å²) in [5.41, 5.74) is 7.13. The van der Waals surface area contributed by atoms with Gasteiger partial charge >= 0.3 is 12.2 Å². The van der Waals surface area contributed by atoms with E-state index in [4.69, 9.17) is 14.5 Å². The Bertz CT molecular complexity index is 2220. The van der Waals surface area contributed by atoms with Crippen molar-refractivity contribution in [2.45, 2.75) is 90.5 Å². The lowest BCUT2D eigenvalue weighted by Gasteiger charge is -2.27. The van der Waals surface area contributed by atoms with Gasteiger partial charge < -0.3 is 19.4 Å². The number of likely N-dealkylation sites (tertiary alicyclic amines) is 2. The van der Waals surface area contributed by atoms with Crippen LogP contribution in [0.25, 0.3) is 45.7 Å². The SMILES string of the molecule is CC(C)(C)OC(=O)N1CCC[C@H]1c1ncc(C=CC=Cc2ccc(-c3cnc([C@@H]4CCCN4C(=O)OC(C)(C)C)[nH]3)cc2-c2cccc(-c3ccccc3)c2)[nH]1. The quantitative estimate of drug-likeness (QED) is 0.152. The van der Waals surface area contributed by atoms with E-state index in [0.29, 0.717) is 13.1 Å². The number of hydrogen-bond donors (Lipinski definition) is 2. The predicted octanol–water partition coefficient (Wildman–Crippen LogP) is 11.0. The maximum atomic E-state index is 13.0. The van der Waals surface area contributed by atoms with E-state index in [1.807, 2.05) is 72.0 Å². The van der Waals surface area contributed by atoms with E-state index in [0.717, 1.165) is 82.1 Å². The maximum Gasteiger partial charge on any atom is 0.410 e. The second kappa shape index (κ2) is 16.1. The van der Waals surface area contributed by atoms with Gasteiger partial charge in [0.15, 0.2) is 0 Å². The normalized spacial score (nSPS) is 17.7. The van der Waals surface area contributed by atoms with Gasteiger partial charge in [0, 0.05) is 18.7 Å². The number of allylic oxidation sites excluding steroid dienone is 2. The van der Waals surface area contributed by atoms with Gasteiger partial charge in [0.05, 0.1) is 35.9 Å². The van der Waals surface area contributed by atoms with E-state index in [2.05, 4.69) is 87.8 Å². The molecule has 7 rings (SSSR count). The molecule has 2 atom stereocenters. The highest BCUT2D eigenvalue weighted by Gasteiger charge is 2.36. The molecule has 2 amide bonds. The number of amides is 2. The summed E-state index contributed by atoms with van der Waals surface area (Å²) in [5.74, 6) is 1.53. The molecule has 0 saturated carbocycles. The lowest BCUT2D eigenvalue weighted by molar-refractivity contribution is 0.0208. The Hall–Kier alpha value is -5.90. The zero-order valence-electron chi connectivity index (χ0n) is 33.2. The second-order valence-corrected chi connectivity index (χ2v) is 16.5. The number of ether oxygens (including phenoxy) is 2. The zero-order chi connectivity index (χ0) is 39.5. The number of imidazole rings is 2. The zero-order valence-corrected chi connectivity index (χ0v) is 33.2. The number of benzene rings is 3. The number of aromatic amines is 2. The van der Waals surface area contributed by atoms with Gasteiger partial charge in [0.1, 0.15) is 22.9 Å². The van der Waals surface area contributed by atoms with Gasteiger partial charge in [-0.1, -0.05) is 78.9 Å². The molecular formula is C46H52N6O4. The fourth-order valence-corrected chi connectivity index (χ4v) is 7.37. The van der Waals surface area contributed by atoms with E-state index in [9.17, 15) is 9.59 Å². The molecule has 10 heteroatoms. The third-order valence-electron chi connectivity index (χ3n) is 9.91. The van der Waals surface area contributed by atoms with E-state index >= 15 is 0 Å². The highest BCUT2D eigenvalue weighted by atomic mass is 16.6. The summed E-state index contributed by atoms with van der Waals surface area (Å²) in [6, 6.07) is 25.1. The highest BCUT2D eigenvalue weighted by Crippen LogP contribution is 2.36. The van der Waals surface area contributed by atoms with Crippen molar-refractivity contribution in [3.63, 3.8) is 0 Å². The molecule has 0 spiro atoms. The lowest BCUT2D eigenvalue weighted by atomic mass is 9.93. The molecule has 10 nitrogen and oxygen atoms in total. The van der Waals surface area contributed by atoms with Gasteiger partial charge in [-0.05, 0) is 113 Å². The first-order valence-corrected chi connectivity index (χ1v) is 19.6. The van der Waals surface area contributed by atoms with Crippen molar-refractivity contribution >= 4 is 24.3 Å². The number of carbonyl (C=O) groups excluding carboxylic acids is 2. The number of nitrogens with one attached hydrogen (secondary N) is 2. The van der Waals surface area contributed by atoms with Crippen LogP contribution in [0.2, 0.25) is 0 Å². The number of carbonyl (C=O) groups is 2. The van der Waals surface area contributed by atoms with Crippen LogP contribution in [0.15, 0.2) is 97.3 Å². The molecule has 2 N–H and O–H groups in total. The van der Waals surface area contributed by atoms with Crippen LogP contribution in [0, 0.1) is 0 Å². The van der Waals surface area contributed by atoms with Crippen molar-refractivity contribution in [2.24, 2.45) is 0 Å². The standard InChI is InChI=1S/C46H52N6O4/c1-45(2,3)55-43(53)51-25-13-21-39(51)41-47-29-36(49-41)20-11-10-17-32-23-24-35(28-37(32)34-19-12-18-33(27-34)31-15-8-7-9-16-31)38-30-48-42(50-38)40-22-14-26-52(40)44(54)56-46(4,5)6/h7-12,15-20,23-24,27-30,39-40H,13-14,21-22,25-26H2,1-6H3,(H,47,49)(H,48,50)/t39-,40-/m0/s1. The van der Waals surface area contributed by atoms with Gasteiger partial charge in [0.2, 0.25) is 0 Å². The molecule has 290 valence electrons. The molecule has 5 aromatic rings. The third kappa shape index (κ3) is 9.13. The summed E-state index contributed by atoms with van der Waals surface area (Å²) in [6.07, 6.45) is 14.6. The number of hydrogen-bond acceptors (Lipinski definition) is 6. The van der Waals surface area contributed by atoms with Gasteiger partial charge in [-0.3, -0.25) is 9.80 Å². The number of H-pyrrole nitrogens is 2. The van der Waals surface area contributed by atoms with E-state index in [1.165, 1.54) is 0 Å². The molecule has 56 heavy (non-hydrogen) atoms. The largest absolute Gasteiger partial charge is 0.444 e. The molecule has 0 radical (unpaired) electrons. The Morgan fingerprint density at radius 1 is 0.661 bits per heavy atom. The van der Waals surface area contributed by atoms with Crippen LogP contribution in [0.4, 0.5) is 9.59 Å². The Labute approximate surface area is 329 Å². The van der Waals surface area contributed by atoms with Gasteiger partial charge in [-0.2, -0.15) is 0 Å². The minimum atomic E-state index is -0.566. The van der Waals surface area contributed by atoms with Crippen LogP contribution in [0.1, 0.15) is 102 Å². The summed E-state index contributed by atoms with van der Waals surface area (Å²) >= 11 is 0. The molecule has 2 saturated heterocycles. The maximum absolute atomic E-state index is 13.0. The van der Waals surface area contributed by atoms with Crippen molar-refractivity contribution in [3.8, 4) is 33.5 Å². The number of nitrogens with zero attached hydrogens (tertiary/aromatic N) is 4. The molecule has 2 aliphatic heterocycles. The summed E-state index contributed by atoms with van der Waals surface area (Å²) in [4.78, 5) is 45.8. The fraction of sp³-hybridized carbons (Fsp3) is 0.348. The van der Waals surface area contributed by atoms with Crippen LogP contribution in [0.3, 0.4) is 0 Å². The summed E-state index contributed by atoms with van der Waals surface area (Å²) in [7, 11) is 0. The van der Waals surface area contributed by atoms with Crippen molar-refractivity contribution in [3.05, 3.63) is 120 Å². The van der Waals surface area contributed by atoms with Crippen LogP contribution in [0.5, 0.6) is 0 Å². The Kier molecular flexibility index (Phi) is 11.0. The van der Waals surface area contributed by atoms with Crippen molar-refractivity contribution < 1.29 is 19.1 Å². The molecule has 2 fully saturated rings. The molecule has 0 unspecified atom stereocenters. The summed E-state index contributed by atoms with van der Waals surface area (Å²) < 4.78 is 11.4. The second-order valence-electron chi connectivity index (χ2n) is 16.5. The van der Waals surface area contributed by atoms with Crippen molar-refractivity contribution in [1.82, 2.24) is 29.7 Å². The lowest BCUT2D eigenvalue weighted by Crippen LogP contribution is -2.36. The van der Waals surface area contributed by atoms with Crippen LogP contribution in [-0.2, 0) is 9.47 Å². The molecule has 2 aromatic heterocycles. The topological polar surface area (TPSA) is 116 Å². The van der Waals surface area contributed by atoms with Crippen LogP contribution < -0.4 is 0 Å². The molecule has 0 bridgehead atoms. The first-order chi connectivity index (χ1) is 26.8.